The van der Waals surface area contributed by atoms with Gasteiger partial charge in [-0.2, -0.15) is 8.78 Å². The molecule has 0 spiro atoms. The average molecular weight is 389 g/mol. The first-order chi connectivity index (χ1) is 13.6. The van der Waals surface area contributed by atoms with Gasteiger partial charge in [-0.05, 0) is 50.0 Å². The monoisotopic (exact) mass is 389 g/mol. The van der Waals surface area contributed by atoms with Crippen LogP contribution in [0.15, 0.2) is 48.7 Å². The second-order valence-electron chi connectivity index (χ2n) is 6.97. The number of carbonyl (C=O) groups is 1. The van der Waals surface area contributed by atoms with Crippen molar-refractivity contribution in [3.8, 4) is 5.75 Å². The van der Waals surface area contributed by atoms with Gasteiger partial charge in [0.15, 0.2) is 0 Å². The zero-order valence-electron chi connectivity index (χ0n) is 15.9. The maximum Gasteiger partial charge on any atom is 0.315 e. The van der Waals surface area contributed by atoms with Gasteiger partial charge in [0.05, 0.1) is 18.8 Å². The molecule has 28 heavy (non-hydrogen) atoms. The molecule has 0 saturated carbocycles. The number of rotatable bonds is 7. The number of piperidine rings is 1. The van der Waals surface area contributed by atoms with Crippen LogP contribution in [0.1, 0.15) is 30.1 Å². The van der Waals surface area contributed by atoms with Gasteiger partial charge in [-0.15, -0.1) is 0 Å². The van der Waals surface area contributed by atoms with Gasteiger partial charge in [0.25, 0.3) is 5.91 Å². The van der Waals surface area contributed by atoms with E-state index in [-0.39, 0.29) is 5.92 Å². The third-order valence-corrected chi connectivity index (χ3v) is 5.19. The normalized spacial score (nSPS) is 16.7. The Morgan fingerprint density at radius 2 is 1.93 bits per heavy atom. The molecule has 3 rings (SSSR count). The van der Waals surface area contributed by atoms with Crippen LogP contribution in [0.25, 0.3) is 0 Å². The van der Waals surface area contributed by atoms with E-state index in [1.54, 1.807) is 31.5 Å². The number of likely N-dealkylation sites (tertiary alicyclic amines) is 1. The summed E-state index contributed by atoms with van der Waals surface area (Å²) in [4.78, 5) is 18.2. The van der Waals surface area contributed by atoms with Gasteiger partial charge in [-0.1, -0.05) is 24.3 Å². The Labute approximate surface area is 163 Å². The lowest BCUT2D eigenvalue weighted by atomic mass is 9.87. The predicted molar refractivity (Wildman–Crippen MR) is 102 cm³/mol. The number of benzene rings is 1. The third kappa shape index (κ3) is 5.04. The Morgan fingerprint density at radius 1 is 1.21 bits per heavy atom. The number of ether oxygens (including phenoxy) is 1. The molecule has 0 bridgehead atoms. The lowest BCUT2D eigenvalue weighted by Crippen LogP contribution is -2.42. The molecule has 1 aromatic carbocycles. The smallest absolute Gasteiger partial charge is 0.315 e. The summed E-state index contributed by atoms with van der Waals surface area (Å²) in [6, 6.07) is 12.8. The molecule has 5 nitrogen and oxygen atoms in total. The number of hydrogen-bond acceptors (Lipinski definition) is 4. The molecule has 1 aliphatic heterocycles. The van der Waals surface area contributed by atoms with Crippen molar-refractivity contribution in [1.29, 1.82) is 0 Å². The fourth-order valence-electron chi connectivity index (χ4n) is 3.73. The summed E-state index contributed by atoms with van der Waals surface area (Å²) in [5, 5.41) is 2.50. The highest BCUT2D eigenvalue weighted by Crippen LogP contribution is 2.31. The summed E-state index contributed by atoms with van der Waals surface area (Å²) in [7, 11) is 1.66. The van der Waals surface area contributed by atoms with Gasteiger partial charge in [-0.25, -0.2) is 0 Å². The van der Waals surface area contributed by atoms with Crippen molar-refractivity contribution >= 4 is 5.91 Å². The van der Waals surface area contributed by atoms with E-state index in [0.717, 1.165) is 43.8 Å². The van der Waals surface area contributed by atoms with Crippen LogP contribution in [0.3, 0.4) is 0 Å². The minimum atomic E-state index is -3.03. The molecule has 1 fully saturated rings. The zero-order chi connectivity index (χ0) is 19.9. The number of halogens is 2. The summed E-state index contributed by atoms with van der Waals surface area (Å²) in [5.41, 5.74) is 1.75. The van der Waals surface area contributed by atoms with E-state index in [9.17, 15) is 13.6 Å². The molecule has 150 valence electrons. The molecule has 2 aromatic rings. The van der Waals surface area contributed by atoms with Crippen LogP contribution in [0.5, 0.6) is 5.75 Å². The highest BCUT2D eigenvalue weighted by molar-refractivity contribution is 5.79. The number of pyridine rings is 1. The van der Waals surface area contributed by atoms with Gasteiger partial charge in [-0.3, -0.25) is 14.7 Å². The summed E-state index contributed by atoms with van der Waals surface area (Å²) < 4.78 is 31.0. The van der Waals surface area contributed by atoms with E-state index in [1.807, 2.05) is 24.3 Å². The van der Waals surface area contributed by atoms with E-state index in [2.05, 4.69) is 15.2 Å². The van der Waals surface area contributed by atoms with E-state index < -0.39 is 18.4 Å². The van der Waals surface area contributed by atoms with Gasteiger partial charge < -0.3 is 10.1 Å². The average Bonchev–Trinajstić information content (AvgIpc) is 2.73. The van der Waals surface area contributed by atoms with Crippen LogP contribution >= 0.6 is 0 Å². The number of hydrogen-bond donors (Lipinski definition) is 1. The number of nitrogens with zero attached hydrogens (tertiary/aromatic N) is 2. The fraction of sp³-hybridized carbons (Fsp3) is 0.429. The Bertz CT molecular complexity index is 765. The van der Waals surface area contributed by atoms with Crippen molar-refractivity contribution in [2.45, 2.75) is 31.9 Å². The number of nitrogens with one attached hydrogen (secondary N) is 1. The fourth-order valence-corrected chi connectivity index (χ4v) is 3.73. The van der Waals surface area contributed by atoms with Crippen LogP contribution < -0.4 is 10.1 Å². The van der Waals surface area contributed by atoms with Crippen molar-refractivity contribution < 1.29 is 18.3 Å². The standard InChI is InChI=1S/C21H25F2N3O2/c1-28-18-8-3-2-6-16(18)14-26-12-9-15(10-13-26)19(25-21(27)20(22)23)17-7-4-5-11-24-17/h2-8,11,15,19-20H,9-10,12-14H2,1H3,(H,25,27)/t19-/m0/s1. The molecule has 0 aliphatic carbocycles. The molecular formula is C21H25F2N3O2. The highest BCUT2D eigenvalue weighted by atomic mass is 19.3. The van der Waals surface area contributed by atoms with Crippen LogP contribution in [-0.2, 0) is 11.3 Å². The quantitative estimate of drug-likeness (QED) is 0.788. The Morgan fingerprint density at radius 3 is 2.57 bits per heavy atom. The Hall–Kier alpha value is -2.54. The largest absolute Gasteiger partial charge is 0.496 e. The van der Waals surface area contributed by atoms with Crippen LogP contribution in [0, 0.1) is 5.92 Å². The van der Waals surface area contributed by atoms with Crippen molar-refractivity contribution in [1.82, 2.24) is 15.2 Å². The number of para-hydroxylation sites is 1. The molecule has 0 unspecified atom stereocenters. The molecule has 1 aliphatic rings. The summed E-state index contributed by atoms with van der Waals surface area (Å²) in [6.07, 6.45) is 0.171. The van der Waals surface area contributed by atoms with Crippen molar-refractivity contribution in [3.05, 3.63) is 59.9 Å². The van der Waals surface area contributed by atoms with Crippen molar-refractivity contribution in [2.24, 2.45) is 5.92 Å². The Kier molecular flexibility index (Phi) is 6.92. The molecule has 0 radical (unpaired) electrons. The first-order valence-corrected chi connectivity index (χ1v) is 9.42. The summed E-state index contributed by atoms with van der Waals surface area (Å²) >= 11 is 0. The molecule has 1 aromatic heterocycles. The molecule has 1 saturated heterocycles. The minimum Gasteiger partial charge on any atom is -0.496 e. The first-order valence-electron chi connectivity index (χ1n) is 9.42. The second-order valence-corrected chi connectivity index (χ2v) is 6.97. The van der Waals surface area contributed by atoms with Gasteiger partial charge in [0.1, 0.15) is 5.75 Å². The maximum atomic E-state index is 12.8. The molecular weight excluding hydrogens is 364 g/mol. The van der Waals surface area contributed by atoms with E-state index in [4.69, 9.17) is 4.74 Å². The van der Waals surface area contributed by atoms with Gasteiger partial charge in [0, 0.05) is 18.3 Å². The molecule has 7 heteroatoms. The molecule has 1 N–H and O–H groups in total. The number of amides is 1. The number of alkyl halides is 2. The maximum absolute atomic E-state index is 12.8. The second kappa shape index (κ2) is 9.59. The zero-order valence-corrected chi connectivity index (χ0v) is 15.9. The molecule has 2 heterocycles. The van der Waals surface area contributed by atoms with Gasteiger partial charge >= 0.3 is 6.43 Å². The van der Waals surface area contributed by atoms with Crippen molar-refractivity contribution in [2.75, 3.05) is 20.2 Å². The number of aromatic nitrogens is 1. The van der Waals surface area contributed by atoms with E-state index in [1.165, 1.54) is 0 Å². The van der Waals surface area contributed by atoms with Crippen LogP contribution in [-0.4, -0.2) is 42.4 Å². The van der Waals surface area contributed by atoms with E-state index in [0.29, 0.717) is 5.69 Å². The molecule has 1 atom stereocenters. The van der Waals surface area contributed by atoms with Crippen molar-refractivity contribution in [3.63, 3.8) is 0 Å². The number of carbonyl (C=O) groups excluding carboxylic acids is 1. The SMILES string of the molecule is COc1ccccc1CN1CCC([C@H](NC(=O)C(F)F)c2ccccn2)CC1. The minimum absolute atomic E-state index is 0.0616. The Balaban J connectivity index is 1.65. The third-order valence-electron chi connectivity index (χ3n) is 5.19. The summed E-state index contributed by atoms with van der Waals surface area (Å²) in [5.74, 6) is -0.321. The highest BCUT2D eigenvalue weighted by Gasteiger charge is 2.31. The number of methoxy groups -OCH3 is 1. The topological polar surface area (TPSA) is 54.5 Å². The summed E-state index contributed by atoms with van der Waals surface area (Å²) in [6.45, 7) is 2.40. The van der Waals surface area contributed by atoms with Gasteiger partial charge in [0.2, 0.25) is 0 Å². The lowest BCUT2D eigenvalue weighted by molar-refractivity contribution is -0.133. The van der Waals surface area contributed by atoms with Crippen LogP contribution in [0.2, 0.25) is 0 Å². The first kappa shape index (κ1) is 20.2. The predicted octanol–water partition coefficient (Wildman–Crippen LogP) is 3.42. The molecule has 1 amide bonds. The van der Waals surface area contributed by atoms with Crippen LogP contribution in [0.4, 0.5) is 8.78 Å². The van der Waals surface area contributed by atoms with E-state index >= 15 is 0 Å². The lowest BCUT2D eigenvalue weighted by Gasteiger charge is -2.36.